The molecule has 1 saturated heterocycles. The number of hydrogen-bond acceptors (Lipinski definition) is 3. The largest absolute Gasteiger partial charge is 0.354 e. The summed E-state index contributed by atoms with van der Waals surface area (Å²) in [6, 6.07) is 1.86. The zero-order valence-electron chi connectivity index (χ0n) is 12.0. The summed E-state index contributed by atoms with van der Waals surface area (Å²) >= 11 is 0. The molecule has 4 heteroatoms. The third kappa shape index (κ3) is 4.30. The van der Waals surface area contributed by atoms with Gasteiger partial charge in [-0.05, 0) is 24.3 Å². The van der Waals surface area contributed by atoms with E-state index in [0.29, 0.717) is 12.5 Å². The average molecular weight is 251 g/mol. The maximum absolute atomic E-state index is 12.0. The minimum atomic E-state index is -0.282. The molecule has 1 heterocycles. The van der Waals surface area contributed by atoms with Crippen molar-refractivity contribution in [2.24, 2.45) is 11.3 Å². The molecule has 18 heavy (non-hydrogen) atoms. The van der Waals surface area contributed by atoms with Crippen molar-refractivity contribution in [2.75, 3.05) is 19.6 Å². The minimum absolute atomic E-state index is 0.00545. The maximum atomic E-state index is 12.0. The molecule has 1 amide bonds. The Hall–Kier alpha value is -1.08. The van der Waals surface area contributed by atoms with Crippen LogP contribution in [0.2, 0.25) is 0 Å². The van der Waals surface area contributed by atoms with Crippen LogP contribution in [0.5, 0.6) is 0 Å². The molecule has 0 aromatic rings. The highest BCUT2D eigenvalue weighted by Crippen LogP contribution is 2.22. The van der Waals surface area contributed by atoms with Crippen molar-refractivity contribution >= 4 is 5.91 Å². The van der Waals surface area contributed by atoms with Crippen LogP contribution in [-0.4, -0.2) is 36.5 Å². The molecule has 1 rings (SSSR count). The van der Waals surface area contributed by atoms with Crippen LogP contribution in [0.1, 0.15) is 40.5 Å². The van der Waals surface area contributed by atoms with Crippen LogP contribution in [0.3, 0.4) is 0 Å². The van der Waals surface area contributed by atoms with Gasteiger partial charge in [0.2, 0.25) is 5.91 Å². The van der Waals surface area contributed by atoms with Crippen molar-refractivity contribution in [1.29, 1.82) is 5.26 Å². The highest BCUT2D eigenvalue weighted by atomic mass is 16.2. The molecule has 0 aliphatic carbocycles. The monoisotopic (exact) mass is 251 g/mol. The van der Waals surface area contributed by atoms with E-state index in [0.717, 1.165) is 19.5 Å². The average Bonchev–Trinajstić information content (AvgIpc) is 2.38. The fourth-order valence-corrected chi connectivity index (χ4v) is 2.29. The number of nitriles is 1. The quantitative estimate of drug-likeness (QED) is 0.828. The summed E-state index contributed by atoms with van der Waals surface area (Å²) in [4.78, 5) is 14.2. The van der Waals surface area contributed by atoms with Crippen molar-refractivity contribution in [1.82, 2.24) is 10.2 Å². The first-order valence-electron chi connectivity index (χ1n) is 6.74. The van der Waals surface area contributed by atoms with Gasteiger partial charge < -0.3 is 5.32 Å². The highest BCUT2D eigenvalue weighted by Gasteiger charge is 2.34. The molecule has 1 N–H and O–H groups in total. The smallest absolute Gasteiger partial charge is 0.238 e. The van der Waals surface area contributed by atoms with Gasteiger partial charge in [-0.2, -0.15) is 5.26 Å². The van der Waals surface area contributed by atoms with Crippen LogP contribution in [0.4, 0.5) is 0 Å². The van der Waals surface area contributed by atoms with Crippen LogP contribution in [0.15, 0.2) is 0 Å². The van der Waals surface area contributed by atoms with E-state index >= 15 is 0 Å². The number of amides is 1. The molecule has 0 aromatic carbocycles. The van der Waals surface area contributed by atoms with E-state index in [4.69, 9.17) is 5.26 Å². The SMILES string of the molecule is CC(C)CCN1CC(C)(C)CNC(=O)C1CC#N. The molecule has 1 atom stereocenters. The predicted molar refractivity (Wildman–Crippen MR) is 71.8 cm³/mol. The summed E-state index contributed by atoms with van der Waals surface area (Å²) in [5, 5.41) is 11.9. The molecular weight excluding hydrogens is 226 g/mol. The molecule has 0 radical (unpaired) electrons. The molecule has 1 aliphatic rings. The first-order valence-corrected chi connectivity index (χ1v) is 6.74. The topological polar surface area (TPSA) is 56.1 Å². The summed E-state index contributed by atoms with van der Waals surface area (Å²) in [6.45, 7) is 11.1. The number of carbonyl (C=O) groups is 1. The van der Waals surface area contributed by atoms with Gasteiger partial charge in [0.1, 0.15) is 6.04 Å². The highest BCUT2D eigenvalue weighted by molar-refractivity contribution is 5.82. The van der Waals surface area contributed by atoms with Gasteiger partial charge in [-0.25, -0.2) is 0 Å². The van der Waals surface area contributed by atoms with Crippen LogP contribution in [-0.2, 0) is 4.79 Å². The fraction of sp³-hybridized carbons (Fsp3) is 0.857. The van der Waals surface area contributed by atoms with Crippen molar-refractivity contribution in [2.45, 2.75) is 46.6 Å². The van der Waals surface area contributed by atoms with Crippen LogP contribution in [0.25, 0.3) is 0 Å². The number of hydrogen-bond donors (Lipinski definition) is 1. The normalized spacial score (nSPS) is 24.4. The number of nitrogens with zero attached hydrogens (tertiary/aromatic N) is 2. The van der Waals surface area contributed by atoms with E-state index < -0.39 is 0 Å². The summed E-state index contributed by atoms with van der Waals surface area (Å²) in [7, 11) is 0. The zero-order chi connectivity index (χ0) is 13.8. The Labute approximate surface area is 110 Å². The van der Waals surface area contributed by atoms with E-state index in [1.165, 1.54) is 0 Å². The molecular formula is C14H25N3O. The summed E-state index contributed by atoms with van der Waals surface area (Å²) in [6.07, 6.45) is 1.34. The van der Waals surface area contributed by atoms with Crippen molar-refractivity contribution in [3.05, 3.63) is 0 Å². The van der Waals surface area contributed by atoms with Gasteiger partial charge in [0.25, 0.3) is 0 Å². The van der Waals surface area contributed by atoms with E-state index in [1.54, 1.807) is 0 Å². The maximum Gasteiger partial charge on any atom is 0.238 e. The van der Waals surface area contributed by atoms with Gasteiger partial charge in [0, 0.05) is 13.1 Å². The number of nitrogens with one attached hydrogen (secondary N) is 1. The lowest BCUT2D eigenvalue weighted by molar-refractivity contribution is -0.125. The van der Waals surface area contributed by atoms with E-state index in [1.807, 2.05) is 0 Å². The molecule has 0 spiro atoms. The molecule has 0 saturated carbocycles. The third-order valence-electron chi connectivity index (χ3n) is 3.39. The van der Waals surface area contributed by atoms with Crippen molar-refractivity contribution in [3.8, 4) is 6.07 Å². The van der Waals surface area contributed by atoms with E-state index in [9.17, 15) is 4.79 Å². The molecule has 4 nitrogen and oxygen atoms in total. The molecule has 102 valence electrons. The summed E-state index contributed by atoms with van der Waals surface area (Å²) in [5.74, 6) is 0.619. The Morgan fingerprint density at radius 3 is 2.78 bits per heavy atom. The first kappa shape index (κ1) is 15.0. The summed E-state index contributed by atoms with van der Waals surface area (Å²) < 4.78 is 0. The second-order valence-electron chi connectivity index (χ2n) is 6.41. The van der Waals surface area contributed by atoms with Gasteiger partial charge >= 0.3 is 0 Å². The van der Waals surface area contributed by atoms with Gasteiger partial charge in [-0.1, -0.05) is 27.7 Å². The standard InChI is InChI=1S/C14H25N3O/c1-11(2)6-8-17-10-14(3,4)9-16-13(18)12(17)5-7-15/h11-12H,5-6,8-10H2,1-4H3,(H,16,18). The first-order chi connectivity index (χ1) is 8.35. The predicted octanol–water partition coefficient (Wildman–Crippen LogP) is 1.77. The Morgan fingerprint density at radius 1 is 1.56 bits per heavy atom. The lowest BCUT2D eigenvalue weighted by atomic mass is 9.92. The number of rotatable bonds is 4. The van der Waals surface area contributed by atoms with E-state index in [-0.39, 0.29) is 23.8 Å². The lowest BCUT2D eigenvalue weighted by Gasteiger charge is -2.32. The molecule has 0 aromatic heterocycles. The van der Waals surface area contributed by atoms with Crippen LogP contribution in [0, 0.1) is 22.7 Å². The zero-order valence-corrected chi connectivity index (χ0v) is 12.0. The Balaban J connectivity index is 2.80. The lowest BCUT2D eigenvalue weighted by Crippen LogP contribution is -2.45. The minimum Gasteiger partial charge on any atom is -0.354 e. The second-order valence-corrected chi connectivity index (χ2v) is 6.41. The summed E-state index contributed by atoms with van der Waals surface area (Å²) in [5.41, 5.74) is 0.0663. The molecule has 1 unspecified atom stereocenters. The third-order valence-corrected chi connectivity index (χ3v) is 3.39. The van der Waals surface area contributed by atoms with Crippen LogP contribution < -0.4 is 5.32 Å². The molecule has 1 aliphatic heterocycles. The van der Waals surface area contributed by atoms with Crippen molar-refractivity contribution < 1.29 is 4.79 Å². The Kier molecular flexibility index (Phi) is 5.15. The van der Waals surface area contributed by atoms with Gasteiger partial charge in [-0.3, -0.25) is 9.69 Å². The van der Waals surface area contributed by atoms with Crippen LogP contribution >= 0.6 is 0 Å². The second kappa shape index (κ2) is 6.19. The Bertz CT molecular complexity index is 330. The van der Waals surface area contributed by atoms with Crippen molar-refractivity contribution in [3.63, 3.8) is 0 Å². The van der Waals surface area contributed by atoms with E-state index in [2.05, 4.69) is 44.0 Å². The van der Waals surface area contributed by atoms with Gasteiger partial charge in [-0.15, -0.1) is 0 Å². The number of carbonyl (C=O) groups excluding carboxylic acids is 1. The Morgan fingerprint density at radius 2 is 2.22 bits per heavy atom. The molecule has 1 fully saturated rings. The molecule has 0 bridgehead atoms. The van der Waals surface area contributed by atoms with Gasteiger partial charge in [0.05, 0.1) is 12.5 Å². The van der Waals surface area contributed by atoms with Gasteiger partial charge in [0.15, 0.2) is 0 Å². The fourth-order valence-electron chi connectivity index (χ4n) is 2.29.